The molecule has 0 aliphatic carbocycles. The maximum absolute atomic E-state index is 12.7. The summed E-state index contributed by atoms with van der Waals surface area (Å²) >= 11 is 1.93. The second kappa shape index (κ2) is 5.58. The number of carbonyl (C=O) groups excluding carboxylic acids is 1. The number of benzene rings is 1. The van der Waals surface area contributed by atoms with Gasteiger partial charge in [-0.3, -0.25) is 4.79 Å². The minimum absolute atomic E-state index is 0.0781. The number of nitrogens with one attached hydrogen (secondary N) is 1. The monoisotopic (exact) mass is 357 g/mol. The number of rotatable bonds is 4. The molecule has 4 nitrogen and oxygen atoms in total. The van der Waals surface area contributed by atoms with Crippen LogP contribution in [0.1, 0.15) is 10.4 Å². The number of hydrogen-bond acceptors (Lipinski definition) is 3. The van der Waals surface area contributed by atoms with E-state index in [0.29, 0.717) is 3.57 Å². The van der Waals surface area contributed by atoms with Crippen LogP contribution in [0.2, 0.25) is 0 Å². The number of amides is 1. The van der Waals surface area contributed by atoms with E-state index in [9.17, 15) is 18.7 Å². The summed E-state index contributed by atoms with van der Waals surface area (Å²) in [6.45, 7) is -2.32. The smallest absolute Gasteiger partial charge is 0.287 e. The van der Waals surface area contributed by atoms with Gasteiger partial charge in [0.1, 0.15) is 12.4 Å². The maximum Gasteiger partial charge on any atom is 0.287 e. The molecule has 0 spiro atoms. The Morgan fingerprint density at radius 1 is 1.47 bits per heavy atom. The number of phenols is 1. The Morgan fingerprint density at radius 2 is 2.12 bits per heavy atom. The molecule has 0 aliphatic heterocycles. The normalized spacial score (nSPS) is 11.3. The van der Waals surface area contributed by atoms with Crippen molar-refractivity contribution in [3.63, 3.8) is 0 Å². The van der Waals surface area contributed by atoms with Gasteiger partial charge in [0.2, 0.25) is 0 Å². The third kappa shape index (κ3) is 4.08. The van der Waals surface area contributed by atoms with Crippen molar-refractivity contribution in [3.05, 3.63) is 27.3 Å². The molecule has 0 heterocycles. The Morgan fingerprint density at radius 3 is 2.71 bits per heavy atom. The Labute approximate surface area is 110 Å². The molecule has 94 valence electrons. The molecule has 0 saturated heterocycles. The highest BCUT2D eigenvalue weighted by atomic mass is 127. The largest absolute Gasteiger partial charge is 0.507 e. The van der Waals surface area contributed by atoms with Crippen molar-refractivity contribution in [2.45, 2.75) is 5.92 Å². The van der Waals surface area contributed by atoms with E-state index < -0.39 is 25.0 Å². The van der Waals surface area contributed by atoms with Crippen LogP contribution in [0.4, 0.5) is 8.78 Å². The molecule has 0 bridgehead atoms. The van der Waals surface area contributed by atoms with Gasteiger partial charge in [-0.2, -0.15) is 0 Å². The van der Waals surface area contributed by atoms with Crippen LogP contribution in [0.25, 0.3) is 0 Å². The van der Waals surface area contributed by atoms with E-state index in [4.69, 9.17) is 5.11 Å². The maximum atomic E-state index is 12.7. The van der Waals surface area contributed by atoms with Gasteiger partial charge in [0.05, 0.1) is 12.1 Å². The zero-order chi connectivity index (χ0) is 13.1. The molecule has 0 atom stereocenters. The van der Waals surface area contributed by atoms with Crippen molar-refractivity contribution < 1.29 is 23.8 Å². The van der Waals surface area contributed by atoms with Gasteiger partial charge in [-0.15, -0.1) is 0 Å². The number of hydrogen-bond donors (Lipinski definition) is 3. The molecule has 0 radical (unpaired) electrons. The third-order valence-electron chi connectivity index (χ3n) is 1.94. The van der Waals surface area contributed by atoms with Crippen LogP contribution < -0.4 is 5.32 Å². The van der Waals surface area contributed by atoms with Crippen molar-refractivity contribution in [2.75, 3.05) is 13.2 Å². The van der Waals surface area contributed by atoms with Gasteiger partial charge in [-0.25, -0.2) is 8.78 Å². The first kappa shape index (κ1) is 14.1. The Kier molecular flexibility index (Phi) is 4.63. The lowest BCUT2D eigenvalue weighted by molar-refractivity contribution is -0.0462. The van der Waals surface area contributed by atoms with Crippen LogP contribution >= 0.6 is 22.6 Å². The minimum atomic E-state index is -3.37. The summed E-state index contributed by atoms with van der Waals surface area (Å²) in [5, 5.41) is 19.7. The second-order valence-corrected chi connectivity index (χ2v) is 4.60. The lowest BCUT2D eigenvalue weighted by Gasteiger charge is -2.14. The van der Waals surface area contributed by atoms with Crippen molar-refractivity contribution >= 4 is 28.5 Å². The van der Waals surface area contributed by atoms with E-state index in [1.807, 2.05) is 27.9 Å². The highest BCUT2D eigenvalue weighted by molar-refractivity contribution is 14.1. The van der Waals surface area contributed by atoms with Crippen molar-refractivity contribution in [2.24, 2.45) is 0 Å². The predicted molar refractivity (Wildman–Crippen MR) is 65.2 cm³/mol. The summed E-state index contributed by atoms with van der Waals surface area (Å²) in [5.74, 6) is -4.46. The van der Waals surface area contributed by atoms with Crippen molar-refractivity contribution in [3.8, 4) is 5.75 Å². The number of aliphatic hydroxyl groups excluding tert-OH is 1. The predicted octanol–water partition coefficient (Wildman–Crippen LogP) is 1.35. The van der Waals surface area contributed by atoms with Crippen LogP contribution in [-0.2, 0) is 0 Å². The van der Waals surface area contributed by atoms with Crippen molar-refractivity contribution in [1.29, 1.82) is 0 Å². The average Bonchev–Trinajstić information content (AvgIpc) is 2.29. The lowest BCUT2D eigenvalue weighted by atomic mass is 10.2. The molecule has 3 N–H and O–H groups in total. The molecule has 17 heavy (non-hydrogen) atoms. The van der Waals surface area contributed by atoms with Gasteiger partial charge in [0.25, 0.3) is 11.8 Å². The second-order valence-electron chi connectivity index (χ2n) is 3.36. The van der Waals surface area contributed by atoms with Crippen LogP contribution in [-0.4, -0.2) is 35.2 Å². The fourth-order valence-electron chi connectivity index (χ4n) is 1.05. The van der Waals surface area contributed by atoms with E-state index in [0.717, 1.165) is 0 Å². The number of aliphatic hydroxyl groups is 1. The topological polar surface area (TPSA) is 69.6 Å². The molecule has 0 aliphatic rings. The number of aromatic hydroxyl groups is 1. The van der Waals surface area contributed by atoms with Gasteiger partial charge in [-0.1, -0.05) is 0 Å². The highest BCUT2D eigenvalue weighted by Crippen LogP contribution is 2.20. The van der Waals surface area contributed by atoms with E-state index >= 15 is 0 Å². The summed E-state index contributed by atoms with van der Waals surface area (Å²) in [7, 11) is 0. The number of phenolic OH excluding ortho intramolecular Hbond substituents is 1. The number of carbonyl (C=O) groups is 1. The van der Waals surface area contributed by atoms with Gasteiger partial charge < -0.3 is 15.5 Å². The molecule has 0 unspecified atom stereocenters. The van der Waals surface area contributed by atoms with Gasteiger partial charge >= 0.3 is 0 Å². The summed E-state index contributed by atoms with van der Waals surface area (Å²) in [5.41, 5.74) is -0.0781. The summed E-state index contributed by atoms with van der Waals surface area (Å²) in [6.07, 6.45) is 0. The summed E-state index contributed by atoms with van der Waals surface area (Å²) in [6, 6.07) is 4.26. The molecule has 1 amide bonds. The quantitative estimate of drug-likeness (QED) is 0.713. The fraction of sp³-hybridized carbons (Fsp3) is 0.300. The van der Waals surface area contributed by atoms with Crippen LogP contribution in [0.15, 0.2) is 18.2 Å². The van der Waals surface area contributed by atoms with E-state index in [1.165, 1.54) is 12.1 Å². The molecular weight excluding hydrogens is 347 g/mol. The molecule has 0 fully saturated rings. The molecule has 7 heteroatoms. The van der Waals surface area contributed by atoms with E-state index in [2.05, 4.69) is 0 Å². The molecule has 1 aromatic rings. The zero-order valence-electron chi connectivity index (χ0n) is 8.58. The Balaban J connectivity index is 2.74. The standard InChI is InChI=1S/C10H10F2INO3/c11-10(12,5-15)4-14-9(17)7-3-6(13)1-2-8(7)16/h1-3,15-16H,4-5H2,(H,14,17). The average molecular weight is 357 g/mol. The van der Waals surface area contributed by atoms with Gasteiger partial charge in [0.15, 0.2) is 0 Å². The molecule has 0 saturated carbocycles. The zero-order valence-corrected chi connectivity index (χ0v) is 10.7. The van der Waals surface area contributed by atoms with Crippen molar-refractivity contribution in [1.82, 2.24) is 5.32 Å². The highest BCUT2D eigenvalue weighted by Gasteiger charge is 2.28. The SMILES string of the molecule is O=C(NCC(F)(F)CO)c1cc(I)ccc1O. The molecular formula is C10H10F2INO3. The number of alkyl halides is 2. The van der Waals surface area contributed by atoms with Gasteiger partial charge in [0, 0.05) is 3.57 Å². The molecule has 0 aromatic heterocycles. The van der Waals surface area contributed by atoms with E-state index in [1.54, 1.807) is 6.07 Å². The van der Waals surface area contributed by atoms with Crippen LogP contribution in [0, 0.1) is 3.57 Å². The van der Waals surface area contributed by atoms with E-state index in [-0.39, 0.29) is 11.3 Å². The lowest BCUT2D eigenvalue weighted by Crippen LogP contribution is -2.39. The van der Waals surface area contributed by atoms with Gasteiger partial charge in [-0.05, 0) is 40.8 Å². The first-order valence-electron chi connectivity index (χ1n) is 4.61. The first-order valence-corrected chi connectivity index (χ1v) is 5.69. The minimum Gasteiger partial charge on any atom is -0.507 e. The number of halogens is 3. The van der Waals surface area contributed by atoms with Crippen LogP contribution in [0.5, 0.6) is 5.75 Å². The molecule has 1 aromatic carbocycles. The molecule has 1 rings (SSSR count). The third-order valence-corrected chi connectivity index (χ3v) is 2.61. The first-order chi connectivity index (χ1) is 7.85. The van der Waals surface area contributed by atoms with Crippen LogP contribution in [0.3, 0.4) is 0 Å². The fourth-order valence-corrected chi connectivity index (χ4v) is 1.54. The Bertz CT molecular complexity index is 426. The Hall–Kier alpha value is -0.960. The summed E-state index contributed by atoms with van der Waals surface area (Å²) < 4.78 is 26.1. The summed E-state index contributed by atoms with van der Waals surface area (Å²) in [4.78, 5) is 11.5.